The predicted molar refractivity (Wildman–Crippen MR) is 67.8 cm³/mol. The van der Waals surface area contributed by atoms with Crippen LogP contribution in [0.5, 0.6) is 0 Å². The third kappa shape index (κ3) is 4.38. The summed E-state index contributed by atoms with van der Waals surface area (Å²) in [5.41, 5.74) is 1.02. The van der Waals surface area contributed by atoms with Crippen LogP contribution in [0, 0.1) is 6.92 Å². The molecule has 0 aromatic carbocycles. The zero-order valence-corrected chi connectivity index (χ0v) is 10.7. The topological polar surface area (TPSA) is 58.1 Å². The van der Waals surface area contributed by atoms with Gasteiger partial charge in [0.2, 0.25) is 11.9 Å². The van der Waals surface area contributed by atoms with Gasteiger partial charge in [0.1, 0.15) is 0 Å². The van der Waals surface area contributed by atoms with E-state index in [0.717, 1.165) is 18.7 Å². The zero-order valence-electron chi connectivity index (χ0n) is 10.7. The molecule has 0 bridgehead atoms. The second kappa shape index (κ2) is 6.83. The van der Waals surface area contributed by atoms with E-state index in [1.54, 1.807) is 12.4 Å². The Balaban J connectivity index is 2.32. The van der Waals surface area contributed by atoms with Crippen LogP contribution in [0.3, 0.4) is 0 Å². The number of anilines is 1. The summed E-state index contributed by atoms with van der Waals surface area (Å²) in [4.78, 5) is 21.7. The van der Waals surface area contributed by atoms with Gasteiger partial charge < -0.3 is 10.2 Å². The van der Waals surface area contributed by atoms with Gasteiger partial charge in [0.25, 0.3) is 0 Å². The van der Waals surface area contributed by atoms with E-state index >= 15 is 0 Å². The molecule has 17 heavy (non-hydrogen) atoms. The minimum absolute atomic E-state index is 0.162. The predicted octanol–water partition coefficient (Wildman–Crippen LogP) is 1.46. The van der Waals surface area contributed by atoms with Crippen molar-refractivity contribution in [3.63, 3.8) is 0 Å². The highest BCUT2D eigenvalue weighted by molar-refractivity contribution is 5.76. The van der Waals surface area contributed by atoms with Gasteiger partial charge in [-0.25, -0.2) is 9.97 Å². The highest BCUT2D eigenvalue weighted by Gasteiger charge is 2.08. The van der Waals surface area contributed by atoms with Gasteiger partial charge in [0.05, 0.1) is 0 Å². The number of hydrogen-bond acceptors (Lipinski definition) is 4. The molecule has 1 aromatic rings. The smallest absolute Gasteiger partial charge is 0.224 e. The Bertz CT molecular complexity index is 346. The monoisotopic (exact) mass is 236 g/mol. The lowest BCUT2D eigenvalue weighted by Gasteiger charge is -2.18. The highest BCUT2D eigenvalue weighted by atomic mass is 16.2. The Morgan fingerprint density at radius 3 is 2.41 bits per heavy atom. The molecule has 0 atom stereocenters. The van der Waals surface area contributed by atoms with Crippen molar-refractivity contribution in [1.29, 1.82) is 0 Å². The van der Waals surface area contributed by atoms with Gasteiger partial charge in [0.15, 0.2) is 0 Å². The lowest BCUT2D eigenvalue weighted by atomic mass is 10.3. The summed E-state index contributed by atoms with van der Waals surface area (Å²) < 4.78 is 0. The van der Waals surface area contributed by atoms with E-state index in [0.29, 0.717) is 18.9 Å². The fourth-order valence-electron chi connectivity index (χ4n) is 1.50. The van der Waals surface area contributed by atoms with E-state index in [1.807, 2.05) is 25.7 Å². The van der Waals surface area contributed by atoms with Crippen LogP contribution < -0.4 is 5.32 Å². The van der Waals surface area contributed by atoms with Crippen molar-refractivity contribution in [3.8, 4) is 0 Å². The third-order valence-electron chi connectivity index (χ3n) is 2.52. The number of carbonyl (C=O) groups is 1. The molecule has 1 amide bonds. The number of hydrogen-bond donors (Lipinski definition) is 1. The summed E-state index contributed by atoms with van der Waals surface area (Å²) >= 11 is 0. The Kier molecular flexibility index (Phi) is 5.39. The van der Waals surface area contributed by atoms with Crippen LogP contribution in [0.4, 0.5) is 5.95 Å². The van der Waals surface area contributed by atoms with E-state index in [1.165, 1.54) is 0 Å². The van der Waals surface area contributed by atoms with Gasteiger partial charge in [-0.2, -0.15) is 0 Å². The Morgan fingerprint density at radius 1 is 1.29 bits per heavy atom. The largest absolute Gasteiger partial charge is 0.354 e. The summed E-state index contributed by atoms with van der Waals surface area (Å²) in [5.74, 6) is 0.734. The van der Waals surface area contributed by atoms with Crippen LogP contribution in [0.25, 0.3) is 0 Å². The standard InChI is InChI=1S/C12H20N4O/c1-4-16(5-2)11(17)6-7-13-12-14-8-10(3)9-15-12/h8-9H,4-7H2,1-3H3,(H,13,14,15). The van der Waals surface area contributed by atoms with Crippen molar-refractivity contribution in [2.24, 2.45) is 0 Å². The fourth-order valence-corrected chi connectivity index (χ4v) is 1.50. The third-order valence-corrected chi connectivity index (χ3v) is 2.52. The van der Waals surface area contributed by atoms with Crippen LogP contribution in [-0.2, 0) is 4.79 Å². The maximum absolute atomic E-state index is 11.7. The summed E-state index contributed by atoms with van der Waals surface area (Å²) in [6.45, 7) is 7.99. The number of nitrogens with zero attached hydrogens (tertiary/aromatic N) is 3. The van der Waals surface area contributed by atoms with Gasteiger partial charge in [-0.15, -0.1) is 0 Å². The van der Waals surface area contributed by atoms with E-state index in [9.17, 15) is 4.79 Å². The molecule has 0 saturated carbocycles. The summed E-state index contributed by atoms with van der Waals surface area (Å²) in [7, 11) is 0. The first-order valence-electron chi connectivity index (χ1n) is 5.97. The quantitative estimate of drug-likeness (QED) is 0.812. The molecule has 1 N–H and O–H groups in total. The van der Waals surface area contributed by atoms with E-state index in [4.69, 9.17) is 0 Å². The average Bonchev–Trinajstić information content (AvgIpc) is 2.33. The molecule has 0 radical (unpaired) electrons. The van der Waals surface area contributed by atoms with Gasteiger partial charge >= 0.3 is 0 Å². The van der Waals surface area contributed by atoms with Gasteiger partial charge in [-0.3, -0.25) is 4.79 Å². The molecule has 1 heterocycles. The van der Waals surface area contributed by atoms with E-state index in [-0.39, 0.29) is 5.91 Å². The highest BCUT2D eigenvalue weighted by Crippen LogP contribution is 1.99. The first-order chi connectivity index (χ1) is 8.17. The summed E-state index contributed by atoms with van der Waals surface area (Å²) in [5, 5.41) is 3.04. The SMILES string of the molecule is CCN(CC)C(=O)CCNc1ncc(C)cn1. The van der Waals surface area contributed by atoms with Gasteiger partial charge in [-0.05, 0) is 26.3 Å². The number of carbonyl (C=O) groups excluding carboxylic acids is 1. The van der Waals surface area contributed by atoms with Gasteiger partial charge in [0, 0.05) is 38.4 Å². The maximum Gasteiger partial charge on any atom is 0.224 e. The molecule has 94 valence electrons. The lowest BCUT2D eigenvalue weighted by molar-refractivity contribution is -0.130. The molecular weight excluding hydrogens is 216 g/mol. The molecule has 0 aliphatic carbocycles. The number of aromatic nitrogens is 2. The van der Waals surface area contributed by atoms with E-state index in [2.05, 4.69) is 15.3 Å². The maximum atomic E-state index is 11.7. The molecule has 5 nitrogen and oxygen atoms in total. The van der Waals surface area contributed by atoms with Crippen molar-refractivity contribution in [1.82, 2.24) is 14.9 Å². The second-order valence-corrected chi connectivity index (χ2v) is 3.83. The molecule has 1 aromatic heterocycles. The second-order valence-electron chi connectivity index (χ2n) is 3.83. The first-order valence-corrected chi connectivity index (χ1v) is 5.97. The van der Waals surface area contributed by atoms with Crippen molar-refractivity contribution < 1.29 is 4.79 Å². The Morgan fingerprint density at radius 2 is 1.88 bits per heavy atom. The normalized spacial score (nSPS) is 10.1. The van der Waals surface area contributed by atoms with Crippen LogP contribution in [-0.4, -0.2) is 40.4 Å². The van der Waals surface area contributed by atoms with Crippen LogP contribution in [0.15, 0.2) is 12.4 Å². The minimum atomic E-state index is 0.162. The number of rotatable bonds is 6. The molecule has 5 heteroatoms. The molecule has 0 fully saturated rings. The van der Waals surface area contributed by atoms with Gasteiger partial charge in [-0.1, -0.05) is 0 Å². The lowest BCUT2D eigenvalue weighted by Crippen LogP contribution is -2.31. The first kappa shape index (κ1) is 13.4. The van der Waals surface area contributed by atoms with Crippen molar-refractivity contribution in [2.45, 2.75) is 27.2 Å². The molecule has 1 rings (SSSR count). The number of aryl methyl sites for hydroxylation is 1. The average molecular weight is 236 g/mol. The van der Waals surface area contributed by atoms with Crippen molar-refractivity contribution >= 4 is 11.9 Å². The zero-order chi connectivity index (χ0) is 12.7. The van der Waals surface area contributed by atoms with Crippen molar-refractivity contribution in [2.75, 3.05) is 25.0 Å². The van der Waals surface area contributed by atoms with Crippen LogP contribution in [0.1, 0.15) is 25.8 Å². The Labute approximate surface area is 102 Å². The molecule has 0 aliphatic heterocycles. The summed E-state index contributed by atoms with van der Waals surface area (Å²) in [6, 6.07) is 0. The Hall–Kier alpha value is -1.65. The summed E-state index contributed by atoms with van der Waals surface area (Å²) in [6.07, 6.45) is 3.97. The van der Waals surface area contributed by atoms with Crippen LogP contribution in [0.2, 0.25) is 0 Å². The number of amides is 1. The number of nitrogens with one attached hydrogen (secondary N) is 1. The fraction of sp³-hybridized carbons (Fsp3) is 0.583. The van der Waals surface area contributed by atoms with E-state index < -0.39 is 0 Å². The minimum Gasteiger partial charge on any atom is -0.354 e. The molecular formula is C12H20N4O. The van der Waals surface area contributed by atoms with Crippen molar-refractivity contribution in [3.05, 3.63) is 18.0 Å². The molecule has 0 saturated heterocycles. The van der Waals surface area contributed by atoms with Crippen LogP contribution >= 0.6 is 0 Å². The molecule has 0 aliphatic rings. The molecule has 0 spiro atoms. The molecule has 0 unspecified atom stereocenters.